The molecule has 4 aromatic rings. The number of amides is 1. The van der Waals surface area contributed by atoms with Crippen LogP contribution >= 0.6 is 11.8 Å². The number of methoxy groups -OCH3 is 1. The molecule has 30 heavy (non-hydrogen) atoms. The second-order valence-electron chi connectivity index (χ2n) is 6.22. The summed E-state index contributed by atoms with van der Waals surface area (Å²) in [4.78, 5) is 12.8. The molecule has 0 saturated heterocycles. The van der Waals surface area contributed by atoms with Crippen molar-refractivity contribution in [2.24, 2.45) is 0 Å². The number of nitrogens with zero attached hydrogens (tertiary/aromatic N) is 7. The highest BCUT2D eigenvalue weighted by molar-refractivity contribution is 7.98. The van der Waals surface area contributed by atoms with Crippen LogP contribution in [0.15, 0.2) is 53.7 Å². The zero-order valence-corrected chi connectivity index (χ0v) is 17.3. The first-order valence-electron chi connectivity index (χ1n) is 8.91. The number of aromatic nitrogens is 7. The summed E-state index contributed by atoms with van der Waals surface area (Å²) < 4.78 is 8.45. The van der Waals surface area contributed by atoms with Crippen molar-refractivity contribution in [2.45, 2.75) is 12.1 Å². The van der Waals surface area contributed by atoms with Gasteiger partial charge in [-0.15, -0.1) is 10.2 Å². The van der Waals surface area contributed by atoms with Crippen LogP contribution in [0.1, 0.15) is 16.2 Å². The molecule has 2 aromatic heterocycles. The summed E-state index contributed by atoms with van der Waals surface area (Å²) >= 11 is 1.43. The molecule has 10 nitrogen and oxygen atoms in total. The molecule has 4 rings (SSSR count). The van der Waals surface area contributed by atoms with Crippen LogP contribution in [0.5, 0.6) is 5.75 Å². The fourth-order valence-electron chi connectivity index (χ4n) is 2.90. The van der Waals surface area contributed by atoms with E-state index < -0.39 is 0 Å². The van der Waals surface area contributed by atoms with Crippen LogP contribution in [0.4, 0.5) is 5.69 Å². The van der Waals surface area contributed by atoms with Gasteiger partial charge in [-0.3, -0.25) is 4.79 Å². The van der Waals surface area contributed by atoms with E-state index in [1.807, 2.05) is 42.7 Å². The third-order valence-electron chi connectivity index (χ3n) is 4.38. The highest BCUT2D eigenvalue weighted by Gasteiger charge is 2.18. The normalized spacial score (nSPS) is 10.8. The molecule has 1 amide bonds. The van der Waals surface area contributed by atoms with Crippen molar-refractivity contribution in [1.29, 1.82) is 0 Å². The standard InChI is InChI=1S/C19H18N8O2S/c1-12-17(21-24-26(12)15-8-5-9-16(11-15)29-2)18(28)20-13-6-4-7-14(10-13)27-19(30-3)22-23-25-27/h4-11H,1-3H3,(H,20,28). The summed E-state index contributed by atoms with van der Waals surface area (Å²) in [7, 11) is 1.60. The molecule has 0 fully saturated rings. The van der Waals surface area contributed by atoms with Crippen molar-refractivity contribution < 1.29 is 9.53 Å². The van der Waals surface area contributed by atoms with Gasteiger partial charge in [0.25, 0.3) is 5.91 Å². The van der Waals surface area contributed by atoms with Crippen molar-refractivity contribution in [2.75, 3.05) is 18.7 Å². The second-order valence-corrected chi connectivity index (χ2v) is 6.99. The Morgan fingerprint density at radius 3 is 2.57 bits per heavy atom. The lowest BCUT2D eigenvalue weighted by Crippen LogP contribution is -2.14. The van der Waals surface area contributed by atoms with Gasteiger partial charge in [0.1, 0.15) is 5.75 Å². The van der Waals surface area contributed by atoms with Crippen molar-refractivity contribution in [3.8, 4) is 17.1 Å². The summed E-state index contributed by atoms with van der Waals surface area (Å²) in [6.07, 6.45) is 1.89. The number of carbonyl (C=O) groups is 1. The lowest BCUT2D eigenvalue weighted by Gasteiger charge is -2.08. The fraction of sp³-hybridized carbons (Fsp3) is 0.158. The minimum Gasteiger partial charge on any atom is -0.497 e. The van der Waals surface area contributed by atoms with Gasteiger partial charge in [-0.1, -0.05) is 29.1 Å². The first kappa shape index (κ1) is 19.6. The zero-order valence-electron chi connectivity index (χ0n) is 16.5. The number of anilines is 1. The summed E-state index contributed by atoms with van der Waals surface area (Å²) in [5.41, 5.74) is 2.93. The van der Waals surface area contributed by atoms with Gasteiger partial charge in [-0.2, -0.15) is 4.68 Å². The Balaban J connectivity index is 1.58. The Bertz CT molecular complexity index is 1200. The van der Waals surface area contributed by atoms with Gasteiger partial charge in [0, 0.05) is 11.8 Å². The molecule has 2 aromatic carbocycles. The Hall–Kier alpha value is -3.73. The van der Waals surface area contributed by atoms with Crippen LogP contribution in [0, 0.1) is 6.92 Å². The first-order valence-corrected chi connectivity index (χ1v) is 10.1. The number of hydrogen-bond acceptors (Lipinski definition) is 8. The first-order chi connectivity index (χ1) is 14.6. The van der Waals surface area contributed by atoms with E-state index in [4.69, 9.17) is 4.74 Å². The Morgan fingerprint density at radius 2 is 1.80 bits per heavy atom. The molecular weight excluding hydrogens is 404 g/mol. The molecule has 11 heteroatoms. The van der Waals surface area contributed by atoms with Crippen LogP contribution in [-0.4, -0.2) is 54.5 Å². The number of rotatable bonds is 6. The van der Waals surface area contributed by atoms with E-state index in [1.165, 1.54) is 11.8 Å². The van der Waals surface area contributed by atoms with Crippen LogP contribution in [0.2, 0.25) is 0 Å². The van der Waals surface area contributed by atoms with Crippen molar-refractivity contribution in [1.82, 2.24) is 35.2 Å². The van der Waals surface area contributed by atoms with Gasteiger partial charge in [0.15, 0.2) is 5.69 Å². The molecule has 0 atom stereocenters. The van der Waals surface area contributed by atoms with Gasteiger partial charge in [0.2, 0.25) is 5.16 Å². The lowest BCUT2D eigenvalue weighted by atomic mass is 10.2. The SMILES string of the molecule is COc1cccc(-n2nnc(C(=O)Nc3cccc(-n4nnnc4SC)c3)c2C)c1. The Labute approximate surface area is 176 Å². The van der Waals surface area contributed by atoms with E-state index in [-0.39, 0.29) is 11.6 Å². The summed E-state index contributed by atoms with van der Waals surface area (Å²) in [6, 6.07) is 14.6. The van der Waals surface area contributed by atoms with E-state index >= 15 is 0 Å². The molecule has 0 bridgehead atoms. The molecule has 2 heterocycles. The molecule has 0 aliphatic heterocycles. The number of hydrogen-bond donors (Lipinski definition) is 1. The maximum Gasteiger partial charge on any atom is 0.278 e. The van der Waals surface area contributed by atoms with Crippen LogP contribution in [-0.2, 0) is 0 Å². The second kappa shape index (κ2) is 8.33. The minimum absolute atomic E-state index is 0.232. The van der Waals surface area contributed by atoms with Crippen LogP contribution in [0.25, 0.3) is 11.4 Å². The van der Waals surface area contributed by atoms with Gasteiger partial charge in [0.05, 0.1) is 24.2 Å². The quantitative estimate of drug-likeness (QED) is 0.472. The molecule has 0 saturated carbocycles. The number of thioether (sulfide) groups is 1. The summed E-state index contributed by atoms with van der Waals surface area (Å²) in [6.45, 7) is 1.79. The van der Waals surface area contributed by atoms with Gasteiger partial charge >= 0.3 is 0 Å². The van der Waals surface area contributed by atoms with Crippen molar-refractivity contribution >= 4 is 23.4 Å². The van der Waals surface area contributed by atoms with Crippen LogP contribution in [0.3, 0.4) is 0 Å². The van der Waals surface area contributed by atoms with E-state index in [0.717, 1.165) is 11.4 Å². The number of nitrogens with one attached hydrogen (secondary N) is 1. The highest BCUT2D eigenvalue weighted by Crippen LogP contribution is 2.21. The van der Waals surface area contributed by atoms with E-state index in [2.05, 4.69) is 31.2 Å². The topological polar surface area (TPSA) is 113 Å². The van der Waals surface area contributed by atoms with Crippen molar-refractivity contribution in [3.05, 3.63) is 59.9 Å². The number of carbonyl (C=O) groups excluding carboxylic acids is 1. The largest absolute Gasteiger partial charge is 0.497 e. The average molecular weight is 422 g/mol. The molecule has 152 valence electrons. The molecule has 0 aliphatic carbocycles. The third-order valence-corrected chi connectivity index (χ3v) is 5.00. The predicted octanol–water partition coefficient (Wildman–Crippen LogP) is 2.53. The maximum atomic E-state index is 12.8. The van der Waals surface area contributed by atoms with E-state index in [9.17, 15) is 4.79 Å². The summed E-state index contributed by atoms with van der Waals surface area (Å²) in [5, 5.41) is 23.3. The third kappa shape index (κ3) is 3.74. The molecule has 0 spiro atoms. The molecule has 0 radical (unpaired) electrons. The number of tetrazole rings is 1. The predicted molar refractivity (Wildman–Crippen MR) is 112 cm³/mol. The van der Waals surface area contributed by atoms with Gasteiger partial charge in [-0.05, 0) is 53.9 Å². The highest BCUT2D eigenvalue weighted by atomic mass is 32.2. The van der Waals surface area contributed by atoms with Crippen molar-refractivity contribution in [3.63, 3.8) is 0 Å². The Kier molecular flexibility index (Phi) is 5.44. The Morgan fingerprint density at radius 1 is 1.03 bits per heavy atom. The van der Waals surface area contributed by atoms with Crippen LogP contribution < -0.4 is 10.1 Å². The van der Waals surface area contributed by atoms with Gasteiger partial charge in [-0.25, -0.2) is 4.68 Å². The molecule has 0 aliphatic rings. The zero-order chi connectivity index (χ0) is 21.1. The van der Waals surface area contributed by atoms with E-state index in [0.29, 0.717) is 22.3 Å². The smallest absolute Gasteiger partial charge is 0.278 e. The average Bonchev–Trinajstić information content (AvgIpc) is 3.40. The number of ether oxygens (including phenoxy) is 1. The minimum atomic E-state index is -0.361. The molecular formula is C19H18N8O2S. The van der Waals surface area contributed by atoms with Gasteiger partial charge < -0.3 is 10.1 Å². The van der Waals surface area contributed by atoms with E-state index in [1.54, 1.807) is 35.5 Å². The lowest BCUT2D eigenvalue weighted by molar-refractivity contribution is 0.102. The number of benzene rings is 2. The fourth-order valence-corrected chi connectivity index (χ4v) is 3.33. The maximum absolute atomic E-state index is 12.8. The molecule has 1 N–H and O–H groups in total. The summed E-state index contributed by atoms with van der Waals surface area (Å²) in [5.74, 6) is 0.332. The molecule has 0 unspecified atom stereocenters. The monoisotopic (exact) mass is 422 g/mol.